The summed E-state index contributed by atoms with van der Waals surface area (Å²) in [4.78, 5) is 17.9. The smallest absolute Gasteiger partial charge is 0.393 e. The van der Waals surface area contributed by atoms with Crippen molar-refractivity contribution in [2.75, 3.05) is 33.8 Å². The molecule has 0 unspecified atom stereocenters. The van der Waals surface area contributed by atoms with Crippen LogP contribution in [0.25, 0.3) is 22.0 Å². The highest BCUT2D eigenvalue weighted by Crippen LogP contribution is 2.40. The predicted molar refractivity (Wildman–Crippen MR) is 163 cm³/mol. The second-order valence-corrected chi connectivity index (χ2v) is 10.8. The number of alkyl halides is 3. The number of aromatic nitrogens is 3. The molecule has 0 spiro atoms. The summed E-state index contributed by atoms with van der Waals surface area (Å²) in [6.45, 7) is 5.31. The maximum Gasteiger partial charge on any atom is 0.393 e. The van der Waals surface area contributed by atoms with Crippen molar-refractivity contribution in [3.8, 4) is 5.88 Å². The van der Waals surface area contributed by atoms with E-state index in [1.807, 2.05) is 13.8 Å². The van der Waals surface area contributed by atoms with Crippen molar-refractivity contribution < 1.29 is 27.1 Å². The summed E-state index contributed by atoms with van der Waals surface area (Å²) in [5.41, 5.74) is 2.83. The lowest BCUT2D eigenvalue weighted by Gasteiger charge is -2.19. The number of halogens is 4. The van der Waals surface area contributed by atoms with Crippen LogP contribution in [0.4, 0.5) is 17.6 Å². The molecule has 0 aliphatic rings. The first-order valence-electron chi connectivity index (χ1n) is 14.1. The van der Waals surface area contributed by atoms with Crippen molar-refractivity contribution in [3.05, 3.63) is 101 Å². The van der Waals surface area contributed by atoms with Crippen molar-refractivity contribution in [1.82, 2.24) is 25.4 Å². The lowest BCUT2D eigenvalue weighted by atomic mass is 9.88. The number of carbonyl (C=O) groups excluding carboxylic acids is 1. The molecule has 4 rings (SSSR count). The van der Waals surface area contributed by atoms with Gasteiger partial charge in [0.05, 0.1) is 17.3 Å². The van der Waals surface area contributed by atoms with Crippen molar-refractivity contribution in [2.45, 2.75) is 26.4 Å². The number of aromatic amines is 1. The number of rotatable bonds is 12. The molecule has 0 aliphatic heterocycles. The zero-order chi connectivity index (χ0) is 31.9. The highest BCUT2D eigenvalue weighted by molar-refractivity contribution is 6.00. The fourth-order valence-electron chi connectivity index (χ4n) is 4.61. The molecule has 11 heteroatoms. The number of allylic oxidation sites excluding steroid dienone is 1. The Labute approximate surface area is 253 Å². The second kappa shape index (κ2) is 14.3. The number of fused-ring (bicyclic) bond motifs is 1. The third kappa shape index (κ3) is 8.53. The van der Waals surface area contributed by atoms with Gasteiger partial charge in [-0.15, -0.1) is 0 Å². The Bertz CT molecular complexity index is 1630. The van der Waals surface area contributed by atoms with Crippen molar-refractivity contribution in [3.63, 3.8) is 0 Å². The Morgan fingerprint density at radius 1 is 1.05 bits per heavy atom. The van der Waals surface area contributed by atoms with E-state index in [0.29, 0.717) is 41.2 Å². The Hall–Kier alpha value is -4.51. The van der Waals surface area contributed by atoms with Crippen LogP contribution < -0.4 is 10.1 Å². The molecule has 0 bridgehead atoms. The third-order valence-corrected chi connectivity index (χ3v) is 6.97. The van der Waals surface area contributed by atoms with E-state index in [1.54, 1.807) is 74.8 Å². The van der Waals surface area contributed by atoms with Gasteiger partial charge >= 0.3 is 6.18 Å². The molecule has 4 aromatic rings. The molecule has 2 aromatic carbocycles. The van der Waals surface area contributed by atoms with E-state index in [-0.39, 0.29) is 35.0 Å². The molecule has 0 radical (unpaired) electrons. The monoisotopic (exact) mass is 609 g/mol. The fourth-order valence-corrected chi connectivity index (χ4v) is 4.61. The number of hydrogen-bond donors (Lipinski definition) is 2. The summed E-state index contributed by atoms with van der Waals surface area (Å²) in [7, 11) is 3.40. The summed E-state index contributed by atoms with van der Waals surface area (Å²) in [6.07, 6.45) is -2.62. The molecule has 232 valence electrons. The lowest BCUT2D eigenvalue weighted by molar-refractivity contribution is -0.124. The number of carbonyl (C=O) groups is 1. The Morgan fingerprint density at radius 2 is 1.77 bits per heavy atom. The van der Waals surface area contributed by atoms with Crippen molar-refractivity contribution in [1.29, 1.82) is 0 Å². The minimum Gasteiger partial charge on any atom is -0.476 e. The summed E-state index contributed by atoms with van der Waals surface area (Å²) in [5.74, 6) is -0.266. The fraction of sp³-hybridized carbons (Fsp3) is 0.303. The molecule has 1 amide bonds. The minimum absolute atomic E-state index is 0.0304. The molecular formula is C33H35F4N5O2. The van der Waals surface area contributed by atoms with Gasteiger partial charge in [0.2, 0.25) is 17.7 Å². The number of pyridine rings is 1. The highest BCUT2D eigenvalue weighted by Gasteiger charge is 2.31. The largest absolute Gasteiger partial charge is 0.476 e. The van der Waals surface area contributed by atoms with Crippen LogP contribution in [0.5, 0.6) is 5.88 Å². The topological polar surface area (TPSA) is 83.1 Å². The molecule has 44 heavy (non-hydrogen) atoms. The van der Waals surface area contributed by atoms with Gasteiger partial charge in [-0.25, -0.2) is 4.98 Å². The van der Waals surface area contributed by atoms with Crippen molar-refractivity contribution >= 4 is 28.0 Å². The van der Waals surface area contributed by atoms with Gasteiger partial charge in [0.15, 0.2) is 0 Å². The van der Waals surface area contributed by atoms with Gasteiger partial charge in [-0.05, 0) is 52.0 Å². The van der Waals surface area contributed by atoms with Crippen LogP contribution in [0, 0.1) is 11.9 Å². The highest BCUT2D eigenvalue weighted by atomic mass is 19.4. The van der Waals surface area contributed by atoms with E-state index >= 15 is 0 Å². The van der Waals surface area contributed by atoms with Crippen LogP contribution in [0.1, 0.15) is 37.0 Å². The average Bonchev–Trinajstić information content (AvgIpc) is 3.36. The standard InChI is InChI=1S/C33H35F4N5O2/c1-21(2)25(17-30(43)42(3)4)19-38-14-15-44-29-13-11-24(20-39-29)31(23-10-12-28-26(16-23)32(34)41-40-28)27(18-33(35,36)37)22-8-6-5-7-9-22/h5-13,16-17,20-21,38H,14-15,18-19H2,1-4H3,(H,40,41)/b25-17-,31-27-. The van der Waals surface area contributed by atoms with Gasteiger partial charge in [-0.1, -0.05) is 50.2 Å². The van der Waals surface area contributed by atoms with Gasteiger partial charge in [0, 0.05) is 51.1 Å². The number of hydrogen-bond acceptors (Lipinski definition) is 5. The van der Waals surface area contributed by atoms with Crippen LogP contribution in [0.2, 0.25) is 0 Å². The van der Waals surface area contributed by atoms with Crippen LogP contribution in [-0.2, 0) is 4.79 Å². The van der Waals surface area contributed by atoms with Crippen LogP contribution in [0.15, 0.2) is 78.5 Å². The van der Waals surface area contributed by atoms with E-state index in [4.69, 9.17) is 4.74 Å². The van der Waals surface area contributed by atoms with E-state index in [9.17, 15) is 22.4 Å². The molecule has 2 heterocycles. The summed E-state index contributed by atoms with van der Waals surface area (Å²) >= 11 is 0. The number of ether oxygens (including phenoxy) is 1. The van der Waals surface area contributed by atoms with Crippen LogP contribution >= 0.6 is 0 Å². The first-order valence-corrected chi connectivity index (χ1v) is 14.1. The van der Waals surface area contributed by atoms with E-state index in [2.05, 4.69) is 20.5 Å². The SMILES string of the molecule is CC(C)/C(=C\C(=O)N(C)C)CNCCOc1ccc(/C(=C(/CC(F)(F)F)c2ccccc2)c2ccc3n[nH]c(F)c3c2)cn1. The molecule has 0 aliphatic carbocycles. The molecule has 0 fully saturated rings. The second-order valence-electron chi connectivity index (χ2n) is 10.8. The quantitative estimate of drug-likeness (QED) is 0.0814. The zero-order valence-corrected chi connectivity index (χ0v) is 25.0. The molecule has 0 saturated carbocycles. The molecule has 2 N–H and O–H groups in total. The normalized spacial score (nSPS) is 12.9. The average molecular weight is 610 g/mol. The molecule has 2 aromatic heterocycles. The summed E-state index contributed by atoms with van der Waals surface area (Å²) in [6, 6.07) is 16.2. The lowest BCUT2D eigenvalue weighted by Crippen LogP contribution is -2.27. The van der Waals surface area contributed by atoms with Gasteiger partial charge in [0.25, 0.3) is 0 Å². The molecule has 0 saturated heterocycles. The maximum atomic E-state index is 14.4. The number of likely N-dealkylation sites (N-methyl/N-ethyl adjacent to an activating group) is 1. The van der Waals surface area contributed by atoms with Gasteiger partial charge in [-0.2, -0.15) is 22.7 Å². The van der Waals surface area contributed by atoms with Crippen LogP contribution in [-0.4, -0.2) is 66.0 Å². The summed E-state index contributed by atoms with van der Waals surface area (Å²) < 4.78 is 62.0. The summed E-state index contributed by atoms with van der Waals surface area (Å²) in [5, 5.41) is 9.60. The van der Waals surface area contributed by atoms with Gasteiger partial charge < -0.3 is 15.0 Å². The number of benzene rings is 2. The zero-order valence-electron chi connectivity index (χ0n) is 25.0. The Morgan fingerprint density at radius 3 is 2.41 bits per heavy atom. The number of amides is 1. The van der Waals surface area contributed by atoms with Crippen LogP contribution in [0.3, 0.4) is 0 Å². The first-order chi connectivity index (χ1) is 20.9. The maximum absolute atomic E-state index is 14.4. The van der Waals surface area contributed by atoms with E-state index < -0.39 is 18.5 Å². The molecular weight excluding hydrogens is 574 g/mol. The van der Waals surface area contributed by atoms with Crippen molar-refractivity contribution in [2.24, 2.45) is 5.92 Å². The minimum atomic E-state index is -4.50. The van der Waals surface area contributed by atoms with E-state index in [1.165, 1.54) is 17.2 Å². The predicted octanol–water partition coefficient (Wildman–Crippen LogP) is 6.65. The first kappa shape index (κ1) is 32.4. The molecule has 0 atom stereocenters. The van der Waals surface area contributed by atoms with Gasteiger partial charge in [0.1, 0.15) is 6.61 Å². The third-order valence-electron chi connectivity index (χ3n) is 6.97. The number of nitrogens with one attached hydrogen (secondary N) is 2. The number of nitrogens with zero attached hydrogens (tertiary/aromatic N) is 3. The van der Waals surface area contributed by atoms with E-state index in [0.717, 1.165) is 5.57 Å². The Kier molecular flexibility index (Phi) is 10.5. The molecule has 7 nitrogen and oxygen atoms in total. The number of H-pyrrole nitrogens is 1. The van der Waals surface area contributed by atoms with Gasteiger partial charge in [-0.3, -0.25) is 9.89 Å². The Balaban J connectivity index is 1.59.